The Morgan fingerprint density at radius 3 is 2.27 bits per heavy atom. The third kappa shape index (κ3) is 2.61. The molecule has 112 valence electrons. The van der Waals surface area contributed by atoms with Crippen LogP contribution >= 0.6 is 23.2 Å². The van der Waals surface area contributed by atoms with Gasteiger partial charge in [0, 0.05) is 16.0 Å². The number of rotatable bonds is 3. The van der Waals surface area contributed by atoms with Crippen molar-refractivity contribution < 1.29 is 8.42 Å². The second kappa shape index (κ2) is 5.58. The third-order valence-electron chi connectivity index (χ3n) is 3.84. The molecule has 0 unspecified atom stereocenters. The van der Waals surface area contributed by atoms with Crippen LogP contribution in [0.1, 0.15) is 11.5 Å². The van der Waals surface area contributed by atoms with Crippen LogP contribution in [0.5, 0.6) is 0 Å². The first-order valence-electron chi connectivity index (χ1n) is 6.59. The second-order valence-electron chi connectivity index (χ2n) is 5.20. The summed E-state index contributed by atoms with van der Waals surface area (Å²) in [6, 6.07) is 15.1. The van der Waals surface area contributed by atoms with Crippen molar-refractivity contribution in [2.45, 2.75) is 16.1 Å². The molecule has 0 amide bonds. The minimum atomic E-state index is -3.58. The van der Waals surface area contributed by atoms with Gasteiger partial charge >= 0.3 is 0 Å². The van der Waals surface area contributed by atoms with E-state index in [4.69, 9.17) is 23.2 Å². The van der Waals surface area contributed by atoms with Gasteiger partial charge < -0.3 is 0 Å². The van der Waals surface area contributed by atoms with Crippen LogP contribution in [0.3, 0.4) is 0 Å². The van der Waals surface area contributed by atoms with Crippen LogP contribution in [0.15, 0.2) is 53.4 Å². The summed E-state index contributed by atoms with van der Waals surface area (Å²) in [6.45, 7) is 0. The summed E-state index contributed by atoms with van der Waals surface area (Å²) in [6.07, 6.45) is 0. The smallest absolute Gasteiger partial charge is 0.183 e. The van der Waals surface area contributed by atoms with E-state index >= 15 is 0 Å². The van der Waals surface area contributed by atoms with Crippen molar-refractivity contribution in [1.29, 1.82) is 5.26 Å². The Bertz CT molecular complexity index is 856. The highest BCUT2D eigenvalue weighted by Gasteiger charge is 2.59. The maximum Gasteiger partial charge on any atom is 0.183 e. The fourth-order valence-electron chi connectivity index (χ4n) is 2.72. The molecule has 3 atom stereocenters. The molecule has 2 aromatic rings. The highest BCUT2D eigenvalue weighted by Crippen LogP contribution is 2.53. The van der Waals surface area contributed by atoms with Gasteiger partial charge in [-0.2, -0.15) is 5.26 Å². The molecule has 0 heterocycles. The van der Waals surface area contributed by atoms with Crippen LogP contribution in [0.4, 0.5) is 0 Å². The molecule has 1 aliphatic rings. The van der Waals surface area contributed by atoms with Gasteiger partial charge in [-0.25, -0.2) is 8.42 Å². The quantitative estimate of drug-likeness (QED) is 0.837. The van der Waals surface area contributed by atoms with Gasteiger partial charge in [-0.15, -0.1) is 0 Å². The molecule has 22 heavy (non-hydrogen) atoms. The number of nitrogens with zero attached hydrogens (tertiary/aromatic N) is 1. The zero-order chi connectivity index (χ0) is 15.9. The van der Waals surface area contributed by atoms with E-state index in [2.05, 4.69) is 6.07 Å². The number of hydrogen-bond donors (Lipinski definition) is 0. The maximum absolute atomic E-state index is 12.7. The van der Waals surface area contributed by atoms with Crippen molar-refractivity contribution in [2.24, 2.45) is 5.92 Å². The standard InChI is InChI=1S/C16H11Cl2NO2S/c17-11-4-6-13(7-5-11)22(20,21)16-14(9-19)15(16)10-2-1-3-12(18)8-10/h1-8,14-16H/t14-,15+,16+/m0/s1. The molecule has 0 spiro atoms. The van der Waals surface area contributed by atoms with E-state index in [1.54, 1.807) is 24.3 Å². The summed E-state index contributed by atoms with van der Waals surface area (Å²) in [7, 11) is -3.58. The molecule has 1 fully saturated rings. The largest absolute Gasteiger partial charge is 0.223 e. The Morgan fingerprint density at radius 1 is 1.00 bits per heavy atom. The minimum Gasteiger partial charge on any atom is -0.223 e. The number of halogens is 2. The Labute approximate surface area is 139 Å². The predicted octanol–water partition coefficient (Wildman–Crippen LogP) is 4.07. The van der Waals surface area contributed by atoms with E-state index in [1.165, 1.54) is 24.3 Å². The molecule has 1 saturated carbocycles. The molecule has 0 aliphatic heterocycles. The summed E-state index contributed by atoms with van der Waals surface area (Å²) in [5, 5.41) is 9.53. The average Bonchev–Trinajstić information content (AvgIpc) is 3.23. The van der Waals surface area contributed by atoms with Gasteiger partial charge in [-0.05, 0) is 42.0 Å². The van der Waals surface area contributed by atoms with Gasteiger partial charge in [-0.3, -0.25) is 0 Å². The molecule has 1 aliphatic carbocycles. The first kappa shape index (κ1) is 15.4. The van der Waals surface area contributed by atoms with Crippen molar-refractivity contribution in [3.05, 3.63) is 64.1 Å². The summed E-state index contributed by atoms with van der Waals surface area (Å²) in [4.78, 5) is 0.187. The summed E-state index contributed by atoms with van der Waals surface area (Å²) < 4.78 is 25.4. The molecular weight excluding hydrogens is 341 g/mol. The SMILES string of the molecule is N#C[C@H]1[C@@H](c2cccc(Cl)c2)[C@@H]1S(=O)(=O)c1ccc(Cl)cc1. The van der Waals surface area contributed by atoms with Crippen LogP contribution in [0.2, 0.25) is 10.0 Å². The Balaban J connectivity index is 1.98. The van der Waals surface area contributed by atoms with E-state index in [9.17, 15) is 13.7 Å². The minimum absolute atomic E-state index is 0.187. The van der Waals surface area contributed by atoms with Crippen molar-refractivity contribution in [1.82, 2.24) is 0 Å². The molecule has 0 saturated heterocycles. The Hall–Kier alpha value is -1.54. The van der Waals surface area contributed by atoms with E-state index < -0.39 is 21.0 Å². The lowest BCUT2D eigenvalue weighted by Gasteiger charge is -2.04. The van der Waals surface area contributed by atoms with Gasteiger partial charge in [0.15, 0.2) is 9.84 Å². The molecule has 2 aromatic carbocycles. The predicted molar refractivity (Wildman–Crippen MR) is 85.7 cm³/mol. The summed E-state index contributed by atoms with van der Waals surface area (Å²) in [5.74, 6) is -0.900. The van der Waals surface area contributed by atoms with E-state index in [0.717, 1.165) is 5.56 Å². The highest BCUT2D eigenvalue weighted by atomic mass is 35.5. The molecule has 6 heteroatoms. The van der Waals surface area contributed by atoms with Crippen LogP contribution in [0, 0.1) is 17.2 Å². The molecule has 3 rings (SSSR count). The summed E-state index contributed by atoms with van der Waals surface area (Å²) >= 11 is 11.8. The molecule has 3 nitrogen and oxygen atoms in total. The number of hydrogen-bond acceptors (Lipinski definition) is 3. The maximum atomic E-state index is 12.7. The van der Waals surface area contributed by atoms with E-state index in [0.29, 0.717) is 10.0 Å². The van der Waals surface area contributed by atoms with Crippen molar-refractivity contribution in [2.75, 3.05) is 0 Å². The zero-order valence-corrected chi connectivity index (χ0v) is 13.6. The van der Waals surface area contributed by atoms with Gasteiger partial charge in [-0.1, -0.05) is 35.3 Å². The van der Waals surface area contributed by atoms with Crippen molar-refractivity contribution in [3.8, 4) is 6.07 Å². The zero-order valence-electron chi connectivity index (χ0n) is 11.3. The lowest BCUT2D eigenvalue weighted by Crippen LogP contribution is -2.10. The molecule has 0 radical (unpaired) electrons. The van der Waals surface area contributed by atoms with Crippen LogP contribution in [0.25, 0.3) is 0 Å². The average molecular weight is 352 g/mol. The van der Waals surface area contributed by atoms with Crippen LogP contribution in [-0.2, 0) is 9.84 Å². The summed E-state index contributed by atoms with van der Waals surface area (Å²) in [5.41, 5.74) is 0.779. The second-order valence-corrected chi connectivity index (χ2v) is 8.18. The Morgan fingerprint density at radius 2 is 1.68 bits per heavy atom. The van der Waals surface area contributed by atoms with Crippen LogP contribution < -0.4 is 0 Å². The van der Waals surface area contributed by atoms with Gasteiger partial charge in [0.05, 0.1) is 22.1 Å². The normalized spacial score (nSPS) is 23.8. The molecule has 0 aromatic heterocycles. The lowest BCUT2D eigenvalue weighted by molar-refractivity contribution is 0.593. The fourth-order valence-corrected chi connectivity index (χ4v) is 5.11. The van der Waals surface area contributed by atoms with Crippen LogP contribution in [-0.4, -0.2) is 13.7 Å². The monoisotopic (exact) mass is 351 g/mol. The van der Waals surface area contributed by atoms with E-state index in [-0.39, 0.29) is 10.8 Å². The third-order valence-corrected chi connectivity index (χ3v) is 6.56. The lowest BCUT2D eigenvalue weighted by atomic mass is 10.1. The highest BCUT2D eigenvalue weighted by molar-refractivity contribution is 7.92. The van der Waals surface area contributed by atoms with Crippen molar-refractivity contribution in [3.63, 3.8) is 0 Å². The number of nitriles is 1. The number of benzene rings is 2. The molecule has 0 bridgehead atoms. The molecular formula is C16H11Cl2NO2S. The van der Waals surface area contributed by atoms with Gasteiger partial charge in [0.1, 0.15) is 0 Å². The topological polar surface area (TPSA) is 57.9 Å². The molecule has 0 N–H and O–H groups in total. The fraction of sp³-hybridized carbons (Fsp3) is 0.188. The first-order valence-corrected chi connectivity index (χ1v) is 8.90. The number of sulfone groups is 1. The van der Waals surface area contributed by atoms with Gasteiger partial charge in [0.25, 0.3) is 0 Å². The Kier molecular flexibility index (Phi) is 3.90. The van der Waals surface area contributed by atoms with Gasteiger partial charge in [0.2, 0.25) is 0 Å². The van der Waals surface area contributed by atoms with E-state index in [1.807, 2.05) is 0 Å². The van der Waals surface area contributed by atoms with Crippen molar-refractivity contribution >= 4 is 33.0 Å². The first-order chi connectivity index (χ1) is 10.4.